The van der Waals surface area contributed by atoms with Crippen molar-refractivity contribution in [1.82, 2.24) is 10.2 Å². The van der Waals surface area contributed by atoms with Crippen molar-refractivity contribution in [2.45, 2.75) is 52.0 Å². The van der Waals surface area contributed by atoms with Crippen LogP contribution in [0.4, 0.5) is 4.79 Å². The van der Waals surface area contributed by atoms with Crippen molar-refractivity contribution in [3.63, 3.8) is 0 Å². The quantitative estimate of drug-likeness (QED) is 0.747. The molecule has 1 aliphatic heterocycles. The first-order chi connectivity index (χ1) is 8.81. The molecule has 0 radical (unpaired) electrons. The van der Waals surface area contributed by atoms with Gasteiger partial charge in [-0.1, -0.05) is 0 Å². The summed E-state index contributed by atoms with van der Waals surface area (Å²) in [6.45, 7) is 9.71. The van der Waals surface area contributed by atoms with Crippen molar-refractivity contribution in [1.29, 1.82) is 0 Å². The Hall–Kier alpha value is -0.850. The minimum atomic E-state index is -0.791. The zero-order valence-corrected chi connectivity index (χ0v) is 12.3. The van der Waals surface area contributed by atoms with Gasteiger partial charge >= 0.3 is 6.09 Å². The van der Waals surface area contributed by atoms with Crippen LogP contribution in [0.15, 0.2) is 0 Å². The molecule has 0 spiro atoms. The van der Waals surface area contributed by atoms with E-state index in [1.54, 1.807) is 4.90 Å². The molecule has 1 saturated heterocycles. The number of rotatable bonds is 4. The standard InChI is InChI=1S/C13H26N2O4/c1-5-18-11(16)8-10-9-15(7-6-14-10)12(17)19-13(2,3)4/h10-11,14,16H,5-9H2,1-4H3. The second kappa shape index (κ2) is 7.07. The number of nitrogens with zero attached hydrogens (tertiary/aromatic N) is 1. The Balaban J connectivity index is 2.43. The van der Waals surface area contributed by atoms with E-state index < -0.39 is 11.9 Å². The van der Waals surface area contributed by atoms with Gasteiger partial charge in [-0.15, -0.1) is 0 Å². The Labute approximate surface area is 115 Å². The zero-order chi connectivity index (χ0) is 14.5. The first kappa shape index (κ1) is 16.2. The highest BCUT2D eigenvalue weighted by Crippen LogP contribution is 2.13. The van der Waals surface area contributed by atoms with Crippen LogP contribution in [-0.4, -0.2) is 60.3 Å². The Bertz CT molecular complexity index is 291. The van der Waals surface area contributed by atoms with Crippen LogP contribution in [0.5, 0.6) is 0 Å². The van der Waals surface area contributed by atoms with Gasteiger partial charge in [-0.3, -0.25) is 0 Å². The highest BCUT2D eigenvalue weighted by molar-refractivity contribution is 5.68. The summed E-state index contributed by atoms with van der Waals surface area (Å²) < 4.78 is 10.4. The van der Waals surface area contributed by atoms with Crippen LogP contribution >= 0.6 is 0 Å². The summed E-state index contributed by atoms with van der Waals surface area (Å²) in [6, 6.07) is 0.0304. The van der Waals surface area contributed by atoms with Crippen LogP contribution in [0.25, 0.3) is 0 Å². The molecule has 1 amide bonds. The predicted octanol–water partition coefficient (Wildman–Crippen LogP) is 0.940. The number of carbonyl (C=O) groups excluding carboxylic acids is 1. The SMILES string of the molecule is CCOC(O)CC1CN(C(=O)OC(C)(C)C)CCN1. The predicted molar refractivity (Wildman–Crippen MR) is 71.8 cm³/mol. The number of aliphatic hydroxyl groups is 1. The van der Waals surface area contributed by atoms with Gasteiger partial charge in [0.25, 0.3) is 0 Å². The molecule has 1 heterocycles. The molecule has 112 valence electrons. The second-order valence-electron chi connectivity index (χ2n) is 5.72. The molecule has 2 unspecified atom stereocenters. The molecule has 1 fully saturated rings. The summed E-state index contributed by atoms with van der Waals surface area (Å²) in [5.74, 6) is 0. The maximum atomic E-state index is 12.0. The van der Waals surface area contributed by atoms with Crippen LogP contribution in [0, 0.1) is 0 Å². The van der Waals surface area contributed by atoms with Crippen LogP contribution in [-0.2, 0) is 9.47 Å². The Morgan fingerprint density at radius 1 is 1.53 bits per heavy atom. The van der Waals surface area contributed by atoms with Gasteiger partial charge in [0.15, 0.2) is 6.29 Å². The van der Waals surface area contributed by atoms with Crippen LogP contribution in [0.3, 0.4) is 0 Å². The van der Waals surface area contributed by atoms with Gasteiger partial charge < -0.3 is 24.8 Å². The van der Waals surface area contributed by atoms with Crippen molar-refractivity contribution in [3.8, 4) is 0 Å². The van der Waals surface area contributed by atoms with E-state index in [-0.39, 0.29) is 12.1 Å². The molecule has 0 aromatic carbocycles. The molecule has 6 heteroatoms. The smallest absolute Gasteiger partial charge is 0.410 e. The fraction of sp³-hybridized carbons (Fsp3) is 0.923. The fourth-order valence-electron chi connectivity index (χ4n) is 1.98. The Kier molecular flexibility index (Phi) is 6.03. The van der Waals surface area contributed by atoms with Crippen molar-refractivity contribution >= 4 is 6.09 Å². The second-order valence-corrected chi connectivity index (χ2v) is 5.72. The monoisotopic (exact) mass is 274 g/mol. The lowest BCUT2D eigenvalue weighted by Gasteiger charge is -2.35. The molecule has 2 atom stereocenters. The normalized spacial score (nSPS) is 22.2. The number of carbonyl (C=O) groups is 1. The topological polar surface area (TPSA) is 71.0 Å². The number of hydrogen-bond acceptors (Lipinski definition) is 5. The van der Waals surface area contributed by atoms with E-state index in [2.05, 4.69) is 5.32 Å². The number of amides is 1. The van der Waals surface area contributed by atoms with Gasteiger partial charge in [0, 0.05) is 38.7 Å². The lowest BCUT2D eigenvalue weighted by Crippen LogP contribution is -2.54. The van der Waals surface area contributed by atoms with Gasteiger partial charge in [0.05, 0.1) is 0 Å². The molecule has 0 aliphatic carbocycles. The van der Waals surface area contributed by atoms with E-state index in [0.29, 0.717) is 32.7 Å². The molecule has 0 aromatic heterocycles. The number of piperazine rings is 1. The summed E-state index contributed by atoms with van der Waals surface area (Å²) in [7, 11) is 0. The number of nitrogens with one attached hydrogen (secondary N) is 1. The summed E-state index contributed by atoms with van der Waals surface area (Å²) in [5.41, 5.74) is -0.484. The fourth-order valence-corrected chi connectivity index (χ4v) is 1.98. The molecule has 2 N–H and O–H groups in total. The van der Waals surface area contributed by atoms with E-state index in [9.17, 15) is 9.90 Å². The molecular weight excluding hydrogens is 248 g/mol. The zero-order valence-electron chi connectivity index (χ0n) is 12.3. The average molecular weight is 274 g/mol. The van der Waals surface area contributed by atoms with Gasteiger partial charge in [0.2, 0.25) is 0 Å². The molecule has 6 nitrogen and oxygen atoms in total. The molecule has 1 rings (SSSR count). The van der Waals surface area contributed by atoms with Gasteiger partial charge in [-0.05, 0) is 27.7 Å². The van der Waals surface area contributed by atoms with Crippen LogP contribution in [0.1, 0.15) is 34.1 Å². The molecule has 0 aromatic rings. The lowest BCUT2D eigenvalue weighted by molar-refractivity contribution is -0.105. The van der Waals surface area contributed by atoms with Crippen molar-refractivity contribution in [2.75, 3.05) is 26.2 Å². The third-order valence-corrected chi connectivity index (χ3v) is 2.75. The van der Waals surface area contributed by atoms with Gasteiger partial charge in [-0.25, -0.2) is 4.79 Å². The Morgan fingerprint density at radius 2 is 2.21 bits per heavy atom. The molecular formula is C13H26N2O4. The van der Waals surface area contributed by atoms with Crippen molar-refractivity contribution in [3.05, 3.63) is 0 Å². The molecule has 19 heavy (non-hydrogen) atoms. The molecule has 0 bridgehead atoms. The summed E-state index contributed by atoms with van der Waals surface area (Å²) in [5, 5.41) is 12.9. The van der Waals surface area contributed by atoms with Crippen LogP contribution < -0.4 is 5.32 Å². The Morgan fingerprint density at radius 3 is 2.79 bits per heavy atom. The van der Waals surface area contributed by atoms with Gasteiger partial charge in [0.1, 0.15) is 5.60 Å². The average Bonchev–Trinajstić information content (AvgIpc) is 2.27. The first-order valence-electron chi connectivity index (χ1n) is 6.83. The molecule has 1 aliphatic rings. The van der Waals surface area contributed by atoms with Crippen molar-refractivity contribution in [2.24, 2.45) is 0 Å². The van der Waals surface area contributed by atoms with E-state index in [1.165, 1.54) is 0 Å². The van der Waals surface area contributed by atoms with E-state index >= 15 is 0 Å². The van der Waals surface area contributed by atoms with E-state index in [1.807, 2.05) is 27.7 Å². The van der Waals surface area contributed by atoms with Gasteiger partial charge in [-0.2, -0.15) is 0 Å². The summed E-state index contributed by atoms with van der Waals surface area (Å²) in [4.78, 5) is 13.6. The third-order valence-electron chi connectivity index (χ3n) is 2.75. The summed E-state index contributed by atoms with van der Waals surface area (Å²) in [6.07, 6.45) is -0.626. The highest BCUT2D eigenvalue weighted by Gasteiger charge is 2.28. The molecule has 0 saturated carbocycles. The van der Waals surface area contributed by atoms with Crippen molar-refractivity contribution < 1.29 is 19.4 Å². The largest absolute Gasteiger partial charge is 0.444 e. The minimum Gasteiger partial charge on any atom is -0.444 e. The lowest BCUT2D eigenvalue weighted by atomic mass is 10.1. The third kappa shape index (κ3) is 6.22. The maximum absolute atomic E-state index is 12.0. The van der Waals surface area contributed by atoms with E-state index in [4.69, 9.17) is 9.47 Å². The number of ether oxygens (including phenoxy) is 2. The summed E-state index contributed by atoms with van der Waals surface area (Å²) >= 11 is 0. The minimum absolute atomic E-state index is 0.0304. The highest BCUT2D eigenvalue weighted by atomic mass is 16.6. The number of aliphatic hydroxyl groups excluding tert-OH is 1. The van der Waals surface area contributed by atoms with E-state index in [0.717, 1.165) is 0 Å². The number of hydrogen-bond donors (Lipinski definition) is 2. The maximum Gasteiger partial charge on any atom is 0.410 e. The first-order valence-corrected chi connectivity index (χ1v) is 6.83. The van der Waals surface area contributed by atoms with Crippen LogP contribution in [0.2, 0.25) is 0 Å².